The number of ether oxygens (including phenoxy) is 1. The number of hydrogen-bond acceptors (Lipinski definition) is 5. The summed E-state index contributed by atoms with van der Waals surface area (Å²) in [6, 6.07) is 12.2. The summed E-state index contributed by atoms with van der Waals surface area (Å²) in [7, 11) is 0. The molecule has 0 amide bonds. The van der Waals surface area contributed by atoms with Crippen molar-refractivity contribution < 1.29 is 9.26 Å². The molecule has 3 N–H and O–H groups in total. The molecular formula is C23H29N5O2. The van der Waals surface area contributed by atoms with Crippen LogP contribution in [0.2, 0.25) is 0 Å². The number of aromatic nitrogens is 2. The van der Waals surface area contributed by atoms with Crippen molar-refractivity contribution in [2.75, 3.05) is 13.2 Å². The molecule has 30 heavy (non-hydrogen) atoms. The lowest BCUT2D eigenvalue weighted by molar-refractivity contribution is 0.283. The zero-order valence-electron chi connectivity index (χ0n) is 17.4. The highest BCUT2D eigenvalue weighted by Gasteiger charge is 2.31. The van der Waals surface area contributed by atoms with E-state index in [9.17, 15) is 0 Å². The van der Waals surface area contributed by atoms with Gasteiger partial charge >= 0.3 is 0 Å². The Hall–Kier alpha value is -3.09. The first-order valence-electron chi connectivity index (χ1n) is 10.8. The fourth-order valence-electron chi connectivity index (χ4n) is 3.97. The van der Waals surface area contributed by atoms with Gasteiger partial charge in [0.15, 0.2) is 5.96 Å². The van der Waals surface area contributed by atoms with Gasteiger partial charge in [0, 0.05) is 12.1 Å². The van der Waals surface area contributed by atoms with Crippen molar-refractivity contribution in [1.82, 2.24) is 15.0 Å². The van der Waals surface area contributed by atoms with Crippen LogP contribution in [0.1, 0.15) is 57.4 Å². The van der Waals surface area contributed by atoms with Crippen LogP contribution < -0.4 is 10.5 Å². The number of nitrogens with two attached hydrogens (primary N) is 1. The van der Waals surface area contributed by atoms with E-state index in [1.807, 2.05) is 17.0 Å². The van der Waals surface area contributed by atoms with E-state index in [4.69, 9.17) is 20.4 Å². The Bertz CT molecular complexity index is 1020. The highest BCUT2D eigenvalue weighted by Crippen LogP contribution is 2.32. The van der Waals surface area contributed by atoms with Crippen molar-refractivity contribution in [1.29, 1.82) is 5.41 Å². The van der Waals surface area contributed by atoms with Crippen molar-refractivity contribution in [3.63, 3.8) is 0 Å². The van der Waals surface area contributed by atoms with Gasteiger partial charge in [0.1, 0.15) is 11.8 Å². The third-order valence-corrected chi connectivity index (χ3v) is 5.63. The zero-order valence-corrected chi connectivity index (χ0v) is 17.4. The second kappa shape index (κ2) is 9.15. The molecule has 0 bridgehead atoms. The van der Waals surface area contributed by atoms with Crippen LogP contribution in [0.3, 0.4) is 0 Å². The fourth-order valence-corrected chi connectivity index (χ4v) is 3.97. The Morgan fingerprint density at radius 1 is 1.20 bits per heavy atom. The van der Waals surface area contributed by atoms with Crippen molar-refractivity contribution in [2.24, 2.45) is 5.73 Å². The Morgan fingerprint density at radius 2 is 2.03 bits per heavy atom. The SMILES string of the molecule is CCCCCCOc1ccc2cc(-c3noc([C@@H]4CCCN4C(=N)N)n3)ccc2c1. The molecule has 0 unspecified atom stereocenters. The summed E-state index contributed by atoms with van der Waals surface area (Å²) in [6.07, 6.45) is 6.62. The molecule has 7 heteroatoms. The van der Waals surface area contributed by atoms with Gasteiger partial charge in [-0.05, 0) is 48.2 Å². The predicted molar refractivity (Wildman–Crippen MR) is 117 cm³/mol. The average molecular weight is 408 g/mol. The third-order valence-electron chi connectivity index (χ3n) is 5.63. The molecule has 1 aromatic heterocycles. The van der Waals surface area contributed by atoms with Crippen LogP contribution in [-0.4, -0.2) is 34.2 Å². The Labute approximate surface area is 176 Å². The minimum absolute atomic E-state index is 0.0475. The number of nitrogens with one attached hydrogen (secondary N) is 1. The number of benzene rings is 2. The van der Waals surface area contributed by atoms with Crippen LogP contribution in [0.15, 0.2) is 40.9 Å². The summed E-state index contributed by atoms with van der Waals surface area (Å²) in [5.41, 5.74) is 6.58. The number of rotatable bonds is 8. The van der Waals surface area contributed by atoms with E-state index in [1.54, 1.807) is 0 Å². The molecule has 1 aliphatic heterocycles. The second-order valence-corrected chi connectivity index (χ2v) is 7.83. The van der Waals surface area contributed by atoms with Crippen molar-refractivity contribution in [3.05, 3.63) is 42.3 Å². The summed E-state index contributed by atoms with van der Waals surface area (Å²) >= 11 is 0. The van der Waals surface area contributed by atoms with Crippen molar-refractivity contribution in [3.8, 4) is 17.1 Å². The Kier molecular flexibility index (Phi) is 6.16. The number of likely N-dealkylation sites (tertiary alicyclic amines) is 1. The molecule has 1 fully saturated rings. The summed E-state index contributed by atoms with van der Waals surface area (Å²) in [4.78, 5) is 6.40. The van der Waals surface area contributed by atoms with E-state index in [0.29, 0.717) is 11.7 Å². The molecule has 3 aromatic rings. The monoisotopic (exact) mass is 407 g/mol. The third kappa shape index (κ3) is 4.40. The topological polar surface area (TPSA) is 101 Å². The van der Waals surface area contributed by atoms with Gasteiger partial charge in [-0.1, -0.05) is 49.5 Å². The molecular weight excluding hydrogens is 378 g/mol. The van der Waals surface area contributed by atoms with Gasteiger partial charge in [-0.25, -0.2) is 0 Å². The van der Waals surface area contributed by atoms with Gasteiger partial charge < -0.3 is 19.9 Å². The van der Waals surface area contributed by atoms with Gasteiger partial charge in [0.25, 0.3) is 0 Å². The van der Waals surface area contributed by atoms with E-state index in [0.717, 1.165) is 54.5 Å². The Morgan fingerprint density at radius 3 is 2.87 bits per heavy atom. The maximum Gasteiger partial charge on any atom is 0.249 e. The van der Waals surface area contributed by atoms with Crippen LogP contribution in [0.4, 0.5) is 0 Å². The smallest absolute Gasteiger partial charge is 0.249 e. The van der Waals surface area contributed by atoms with Gasteiger partial charge in [0.2, 0.25) is 11.7 Å². The molecule has 0 radical (unpaired) electrons. The highest BCUT2D eigenvalue weighted by molar-refractivity contribution is 5.87. The molecule has 158 valence electrons. The summed E-state index contributed by atoms with van der Waals surface area (Å²) in [5.74, 6) is 2.02. The minimum atomic E-state index is -0.110. The number of nitrogens with zero attached hydrogens (tertiary/aromatic N) is 3. The van der Waals surface area contributed by atoms with Gasteiger partial charge in [0.05, 0.1) is 6.61 Å². The minimum Gasteiger partial charge on any atom is -0.494 e. The summed E-state index contributed by atoms with van der Waals surface area (Å²) in [6.45, 7) is 3.72. The lowest BCUT2D eigenvalue weighted by Gasteiger charge is -2.21. The van der Waals surface area contributed by atoms with E-state index in [1.165, 1.54) is 19.3 Å². The van der Waals surface area contributed by atoms with E-state index < -0.39 is 0 Å². The largest absolute Gasteiger partial charge is 0.494 e. The van der Waals surface area contributed by atoms with Crippen LogP contribution in [-0.2, 0) is 0 Å². The molecule has 7 nitrogen and oxygen atoms in total. The summed E-state index contributed by atoms with van der Waals surface area (Å²) in [5, 5.41) is 14.1. The average Bonchev–Trinajstić information content (AvgIpc) is 3.42. The van der Waals surface area contributed by atoms with Crippen LogP contribution in [0.5, 0.6) is 5.75 Å². The standard InChI is InChI=1S/C23H29N5O2/c1-2-3-4-5-13-29-19-11-10-16-14-18(9-8-17(16)15-19)21-26-22(30-27-21)20-7-6-12-28(20)23(24)25/h8-11,14-15,20H,2-7,12-13H2,1H3,(H3,24,25)/t20-/m0/s1. The molecule has 2 heterocycles. The first kappa shape index (κ1) is 20.2. The van der Waals surface area contributed by atoms with E-state index in [2.05, 4.69) is 41.3 Å². The lowest BCUT2D eigenvalue weighted by atomic mass is 10.1. The second-order valence-electron chi connectivity index (χ2n) is 7.83. The van der Waals surface area contributed by atoms with Gasteiger partial charge in [-0.15, -0.1) is 0 Å². The predicted octanol–water partition coefficient (Wildman–Crippen LogP) is 4.88. The van der Waals surface area contributed by atoms with Crippen molar-refractivity contribution >= 4 is 16.7 Å². The molecule has 1 aliphatic rings. The maximum absolute atomic E-state index is 7.73. The van der Waals surface area contributed by atoms with Crippen LogP contribution in [0, 0.1) is 5.41 Å². The summed E-state index contributed by atoms with van der Waals surface area (Å²) < 4.78 is 11.4. The molecule has 1 saturated heterocycles. The number of hydrogen-bond donors (Lipinski definition) is 2. The molecule has 4 rings (SSSR count). The normalized spacial score (nSPS) is 16.3. The van der Waals surface area contributed by atoms with E-state index in [-0.39, 0.29) is 12.0 Å². The van der Waals surface area contributed by atoms with Crippen LogP contribution >= 0.6 is 0 Å². The first-order chi connectivity index (χ1) is 14.7. The number of guanidine groups is 1. The number of fused-ring (bicyclic) bond motifs is 1. The van der Waals surface area contributed by atoms with Crippen molar-refractivity contribution in [2.45, 2.75) is 51.5 Å². The molecule has 0 aliphatic carbocycles. The molecule has 0 spiro atoms. The first-order valence-corrected chi connectivity index (χ1v) is 10.8. The quantitative estimate of drug-likeness (QED) is 0.313. The maximum atomic E-state index is 7.73. The molecule has 2 aromatic carbocycles. The molecule has 0 saturated carbocycles. The molecule has 1 atom stereocenters. The number of unbranched alkanes of at least 4 members (excludes halogenated alkanes) is 3. The van der Waals surface area contributed by atoms with E-state index >= 15 is 0 Å². The highest BCUT2D eigenvalue weighted by atomic mass is 16.5. The lowest BCUT2D eigenvalue weighted by Crippen LogP contribution is -2.35. The van der Waals surface area contributed by atoms with Gasteiger partial charge in [-0.2, -0.15) is 4.98 Å². The Balaban J connectivity index is 1.47. The van der Waals surface area contributed by atoms with Gasteiger partial charge in [-0.3, -0.25) is 5.41 Å². The fraction of sp³-hybridized carbons (Fsp3) is 0.435. The zero-order chi connectivity index (χ0) is 20.9. The van der Waals surface area contributed by atoms with Crippen LogP contribution in [0.25, 0.3) is 22.2 Å².